The Bertz CT molecular complexity index is 528. The summed E-state index contributed by atoms with van der Waals surface area (Å²) in [6, 6.07) is -1.17. The van der Waals surface area contributed by atoms with E-state index in [1.807, 2.05) is 11.8 Å². The molecule has 1 aliphatic heterocycles. The normalized spacial score (nSPS) is 15.8. The van der Waals surface area contributed by atoms with E-state index in [9.17, 15) is 9.59 Å². The maximum absolute atomic E-state index is 12.0. The number of hydrogen-bond acceptors (Lipinski definition) is 7. The summed E-state index contributed by atoms with van der Waals surface area (Å²) < 4.78 is 5.26. The van der Waals surface area contributed by atoms with Crippen molar-refractivity contribution in [2.24, 2.45) is 0 Å². The second-order valence-corrected chi connectivity index (χ2v) is 5.06. The molecule has 128 valence electrons. The maximum atomic E-state index is 12.0. The number of tetrazole rings is 1. The molecule has 0 bridgehead atoms. The van der Waals surface area contributed by atoms with E-state index < -0.39 is 18.0 Å². The molecule has 1 aromatic heterocycles. The number of aromatic nitrogens is 4. The molecular weight excluding hydrogens is 304 g/mol. The van der Waals surface area contributed by atoms with Gasteiger partial charge in [-0.05, 0) is 18.6 Å². The zero-order valence-corrected chi connectivity index (χ0v) is 13.3. The van der Waals surface area contributed by atoms with Crippen LogP contribution < -0.4 is 21.1 Å². The van der Waals surface area contributed by atoms with Crippen molar-refractivity contribution in [2.45, 2.75) is 26.3 Å². The summed E-state index contributed by atoms with van der Waals surface area (Å²) in [6.45, 7) is 6.68. The van der Waals surface area contributed by atoms with E-state index in [1.54, 1.807) is 6.92 Å². The van der Waals surface area contributed by atoms with Crippen molar-refractivity contribution in [2.75, 3.05) is 37.7 Å². The summed E-state index contributed by atoms with van der Waals surface area (Å²) >= 11 is 0. The van der Waals surface area contributed by atoms with Crippen molar-refractivity contribution < 1.29 is 14.3 Å². The molecule has 0 unspecified atom stereocenters. The highest BCUT2D eigenvalue weighted by atomic mass is 16.5. The van der Waals surface area contributed by atoms with Crippen LogP contribution >= 0.6 is 0 Å². The number of nitrogens with one attached hydrogen (secondary N) is 3. The van der Waals surface area contributed by atoms with Crippen LogP contribution in [0.3, 0.4) is 0 Å². The Morgan fingerprint density at radius 2 is 2.04 bits per heavy atom. The van der Waals surface area contributed by atoms with Gasteiger partial charge in [-0.3, -0.25) is 10.2 Å². The molecule has 0 aliphatic carbocycles. The lowest BCUT2D eigenvalue weighted by atomic mass is 10.3. The molecular formula is C12H22N8O3. The second-order valence-electron chi connectivity index (χ2n) is 5.06. The van der Waals surface area contributed by atoms with E-state index in [0.29, 0.717) is 38.8 Å². The zero-order valence-electron chi connectivity index (χ0n) is 13.3. The fourth-order valence-corrected chi connectivity index (χ4v) is 1.88. The molecule has 0 saturated carbocycles. The third-order valence-corrected chi connectivity index (χ3v) is 3.27. The van der Waals surface area contributed by atoms with Gasteiger partial charge in [-0.25, -0.2) is 10.2 Å². The highest BCUT2D eigenvalue weighted by Crippen LogP contribution is 2.09. The Kier molecular flexibility index (Phi) is 6.09. The predicted molar refractivity (Wildman–Crippen MR) is 80.5 cm³/mol. The van der Waals surface area contributed by atoms with Crippen LogP contribution in [0.5, 0.6) is 0 Å². The van der Waals surface area contributed by atoms with Crippen molar-refractivity contribution in [3.05, 3.63) is 0 Å². The largest absolute Gasteiger partial charge is 0.378 e. The fraction of sp³-hybridized carbons (Fsp3) is 0.750. The monoisotopic (exact) mass is 326 g/mol. The van der Waals surface area contributed by atoms with Gasteiger partial charge in [-0.2, -0.15) is 0 Å². The van der Waals surface area contributed by atoms with E-state index in [1.165, 1.54) is 4.80 Å². The van der Waals surface area contributed by atoms with Crippen LogP contribution in [0.2, 0.25) is 0 Å². The Morgan fingerprint density at radius 3 is 2.74 bits per heavy atom. The lowest BCUT2D eigenvalue weighted by molar-refractivity contribution is -0.125. The number of ether oxygens (including phenoxy) is 1. The van der Waals surface area contributed by atoms with Crippen LogP contribution in [-0.4, -0.2) is 65.0 Å². The van der Waals surface area contributed by atoms with Gasteiger partial charge in [0.1, 0.15) is 0 Å². The Morgan fingerprint density at radius 1 is 1.30 bits per heavy atom. The number of rotatable bonds is 5. The van der Waals surface area contributed by atoms with Crippen LogP contribution in [0.1, 0.15) is 26.3 Å². The third kappa shape index (κ3) is 4.77. The Labute approximate surface area is 133 Å². The summed E-state index contributed by atoms with van der Waals surface area (Å²) in [5.74, 6) is 0.0178. The van der Waals surface area contributed by atoms with Crippen LogP contribution in [0.25, 0.3) is 0 Å². The number of carbonyl (C=O) groups is 2. The number of amides is 3. The third-order valence-electron chi connectivity index (χ3n) is 3.27. The van der Waals surface area contributed by atoms with E-state index >= 15 is 0 Å². The molecule has 3 amide bonds. The number of hydrogen-bond donors (Lipinski definition) is 3. The molecule has 11 heteroatoms. The summed E-state index contributed by atoms with van der Waals surface area (Å²) in [4.78, 5) is 26.5. The first-order valence-electron chi connectivity index (χ1n) is 7.57. The van der Waals surface area contributed by atoms with Crippen molar-refractivity contribution in [1.82, 2.24) is 36.4 Å². The first-order chi connectivity index (χ1) is 11.1. The van der Waals surface area contributed by atoms with Gasteiger partial charge in [0.2, 0.25) is 0 Å². The van der Waals surface area contributed by atoms with Crippen molar-refractivity contribution in [1.29, 1.82) is 0 Å². The molecule has 3 N–H and O–H groups in total. The van der Waals surface area contributed by atoms with Crippen LogP contribution in [0.15, 0.2) is 0 Å². The number of carbonyl (C=O) groups excluding carboxylic acids is 2. The van der Waals surface area contributed by atoms with Crippen molar-refractivity contribution in [3.63, 3.8) is 0 Å². The van der Waals surface area contributed by atoms with Crippen molar-refractivity contribution >= 4 is 17.9 Å². The first-order valence-corrected chi connectivity index (χ1v) is 7.57. The molecule has 0 spiro atoms. The number of morpholine rings is 1. The molecule has 1 saturated heterocycles. The highest BCUT2D eigenvalue weighted by Gasteiger charge is 2.21. The van der Waals surface area contributed by atoms with Gasteiger partial charge >= 0.3 is 6.03 Å². The maximum Gasteiger partial charge on any atom is 0.333 e. The SMILES string of the molecule is CCCNC(=O)NNC(=O)[C@@H](C)n1nnc(N2CCOCC2)n1. The fourth-order valence-electron chi connectivity index (χ4n) is 1.88. The Balaban J connectivity index is 1.84. The number of nitrogens with zero attached hydrogens (tertiary/aromatic N) is 5. The molecule has 11 nitrogen and oxygen atoms in total. The van der Waals surface area contributed by atoms with Gasteiger partial charge in [-0.1, -0.05) is 12.0 Å². The molecule has 1 aromatic rings. The summed E-state index contributed by atoms with van der Waals surface area (Å²) in [7, 11) is 0. The minimum Gasteiger partial charge on any atom is -0.378 e. The summed E-state index contributed by atoms with van der Waals surface area (Å²) in [6.07, 6.45) is 0.810. The van der Waals surface area contributed by atoms with Crippen molar-refractivity contribution in [3.8, 4) is 0 Å². The van der Waals surface area contributed by atoms with Crippen LogP contribution in [-0.2, 0) is 9.53 Å². The van der Waals surface area contributed by atoms with Gasteiger partial charge in [0.15, 0.2) is 6.04 Å². The van der Waals surface area contributed by atoms with Gasteiger partial charge < -0.3 is 15.0 Å². The van der Waals surface area contributed by atoms with Gasteiger partial charge in [0.25, 0.3) is 11.9 Å². The predicted octanol–water partition coefficient (Wildman–Crippen LogP) is -1.19. The van der Waals surface area contributed by atoms with Gasteiger partial charge in [-0.15, -0.1) is 9.90 Å². The lowest BCUT2D eigenvalue weighted by Crippen LogP contribution is -2.49. The number of hydrazine groups is 1. The minimum absolute atomic E-state index is 0.442. The molecule has 1 aliphatic rings. The number of anilines is 1. The molecule has 0 radical (unpaired) electrons. The lowest BCUT2D eigenvalue weighted by Gasteiger charge is -2.24. The second kappa shape index (κ2) is 8.27. The summed E-state index contributed by atoms with van der Waals surface area (Å²) in [5, 5.41) is 14.6. The Hall–Kier alpha value is -2.43. The smallest absolute Gasteiger partial charge is 0.333 e. The standard InChI is InChI=1S/C12H22N8O3/c1-3-4-13-12(22)16-14-10(21)9(2)20-17-11(15-18-20)19-5-7-23-8-6-19/h9H,3-8H2,1-2H3,(H,14,21)(H2,13,16,22)/t9-/m1/s1. The van der Waals surface area contributed by atoms with E-state index in [4.69, 9.17) is 4.74 Å². The quantitative estimate of drug-likeness (QED) is 0.581. The van der Waals surface area contributed by atoms with Crippen LogP contribution in [0.4, 0.5) is 10.7 Å². The first kappa shape index (κ1) is 16.9. The topological polar surface area (TPSA) is 126 Å². The van der Waals surface area contributed by atoms with E-state index in [2.05, 4.69) is 31.6 Å². The van der Waals surface area contributed by atoms with Gasteiger partial charge in [0, 0.05) is 19.6 Å². The zero-order chi connectivity index (χ0) is 16.7. The average Bonchev–Trinajstić information content (AvgIpc) is 3.08. The van der Waals surface area contributed by atoms with E-state index in [0.717, 1.165) is 6.42 Å². The molecule has 2 heterocycles. The molecule has 1 atom stereocenters. The van der Waals surface area contributed by atoms with Gasteiger partial charge in [0.05, 0.1) is 13.2 Å². The van der Waals surface area contributed by atoms with Crippen LogP contribution in [0, 0.1) is 0 Å². The molecule has 2 rings (SSSR count). The highest BCUT2D eigenvalue weighted by molar-refractivity contribution is 5.83. The molecule has 1 fully saturated rings. The number of urea groups is 1. The molecule has 0 aromatic carbocycles. The molecule has 23 heavy (non-hydrogen) atoms. The summed E-state index contributed by atoms with van der Waals surface area (Å²) in [5.41, 5.74) is 4.59. The average molecular weight is 326 g/mol. The van der Waals surface area contributed by atoms with E-state index in [-0.39, 0.29) is 0 Å². The minimum atomic E-state index is -0.705.